The van der Waals surface area contributed by atoms with Gasteiger partial charge in [0.25, 0.3) is 0 Å². The van der Waals surface area contributed by atoms with Gasteiger partial charge in [0.15, 0.2) is 0 Å². The summed E-state index contributed by atoms with van der Waals surface area (Å²) in [6, 6.07) is 9.14. The van der Waals surface area contributed by atoms with Crippen LogP contribution in [0.25, 0.3) is 0 Å². The molecule has 1 aliphatic carbocycles. The van der Waals surface area contributed by atoms with Crippen LogP contribution in [0.1, 0.15) is 30.5 Å². The summed E-state index contributed by atoms with van der Waals surface area (Å²) in [4.78, 5) is 12.1. The number of amides is 2. The molecule has 0 saturated carbocycles. The number of urea groups is 1. The van der Waals surface area contributed by atoms with Crippen molar-refractivity contribution < 1.29 is 18.0 Å². The fourth-order valence-electron chi connectivity index (χ4n) is 3.22. The Labute approximate surface area is 165 Å². The van der Waals surface area contributed by atoms with Crippen LogP contribution in [0.5, 0.6) is 0 Å². The third-order valence-corrected chi connectivity index (χ3v) is 4.92. The van der Waals surface area contributed by atoms with Crippen molar-refractivity contribution in [1.29, 1.82) is 0 Å². The number of carbonyl (C=O) groups excluding carboxylic acids is 1. The Hall–Kier alpha value is -2.54. The number of fused-ring (bicyclic) bond motifs is 1. The molecular formula is C20H19ClF3N3O. The topological polar surface area (TPSA) is 53.5 Å². The van der Waals surface area contributed by atoms with Gasteiger partial charge in [-0.15, -0.1) is 0 Å². The Bertz CT molecular complexity index is 908. The monoisotopic (exact) mass is 409 g/mol. The second-order valence-electron chi connectivity index (χ2n) is 6.99. The Morgan fingerprint density at radius 3 is 2.46 bits per heavy atom. The number of hydrazone groups is 1. The van der Waals surface area contributed by atoms with E-state index in [1.807, 2.05) is 12.1 Å². The molecule has 0 spiro atoms. The lowest BCUT2D eigenvalue weighted by Crippen LogP contribution is -2.27. The van der Waals surface area contributed by atoms with Crippen LogP contribution in [0.3, 0.4) is 0 Å². The highest BCUT2D eigenvalue weighted by Crippen LogP contribution is 2.33. The van der Waals surface area contributed by atoms with E-state index in [-0.39, 0.29) is 11.6 Å². The van der Waals surface area contributed by atoms with Gasteiger partial charge in [-0.05, 0) is 54.3 Å². The predicted octanol–water partition coefficient (Wildman–Crippen LogP) is 5.71. The lowest BCUT2D eigenvalue weighted by atomic mass is 9.91. The van der Waals surface area contributed by atoms with E-state index in [9.17, 15) is 18.0 Å². The van der Waals surface area contributed by atoms with E-state index in [4.69, 9.17) is 11.6 Å². The van der Waals surface area contributed by atoms with Crippen LogP contribution in [-0.4, -0.2) is 11.7 Å². The van der Waals surface area contributed by atoms with Gasteiger partial charge in [-0.25, -0.2) is 10.2 Å². The summed E-state index contributed by atoms with van der Waals surface area (Å²) >= 11 is 6.07. The smallest absolute Gasteiger partial charge is 0.307 e. The number of nitrogens with one attached hydrogen (secondary N) is 2. The van der Waals surface area contributed by atoms with Gasteiger partial charge in [0.05, 0.1) is 11.3 Å². The number of nitrogens with zero attached hydrogens (tertiary/aromatic N) is 1. The van der Waals surface area contributed by atoms with Crippen LogP contribution in [0.15, 0.2) is 47.6 Å². The molecule has 4 nitrogen and oxygen atoms in total. The summed E-state index contributed by atoms with van der Waals surface area (Å²) in [5.74, 6) is 0.449. The van der Waals surface area contributed by atoms with Crippen molar-refractivity contribution in [1.82, 2.24) is 5.43 Å². The Morgan fingerprint density at radius 2 is 1.86 bits per heavy atom. The molecule has 0 bridgehead atoms. The molecule has 148 valence electrons. The van der Waals surface area contributed by atoms with Crippen molar-refractivity contribution in [2.75, 3.05) is 5.32 Å². The maximum atomic E-state index is 12.6. The summed E-state index contributed by atoms with van der Waals surface area (Å²) in [6.07, 6.45) is -3.63. The van der Waals surface area contributed by atoms with Crippen LogP contribution >= 0.6 is 11.6 Å². The van der Waals surface area contributed by atoms with Crippen molar-refractivity contribution in [3.8, 4) is 0 Å². The number of hydrogen-bond donors (Lipinski definition) is 2. The molecule has 28 heavy (non-hydrogen) atoms. The molecule has 1 atom stereocenters. The van der Waals surface area contributed by atoms with Gasteiger partial charge >= 0.3 is 12.2 Å². The van der Waals surface area contributed by atoms with Crippen molar-refractivity contribution in [3.63, 3.8) is 0 Å². The zero-order valence-corrected chi connectivity index (χ0v) is 16.0. The average Bonchev–Trinajstić information content (AvgIpc) is 2.97. The van der Waals surface area contributed by atoms with E-state index in [0.717, 1.165) is 35.4 Å². The van der Waals surface area contributed by atoms with Crippen LogP contribution < -0.4 is 10.7 Å². The normalized spacial score (nSPS) is 17.7. The van der Waals surface area contributed by atoms with E-state index in [2.05, 4.69) is 29.7 Å². The number of anilines is 1. The molecule has 0 heterocycles. The van der Waals surface area contributed by atoms with Gasteiger partial charge < -0.3 is 5.32 Å². The minimum absolute atomic E-state index is 0.139. The van der Waals surface area contributed by atoms with Gasteiger partial charge in [-0.2, -0.15) is 18.3 Å². The van der Waals surface area contributed by atoms with E-state index < -0.39 is 17.8 Å². The minimum Gasteiger partial charge on any atom is -0.307 e. The van der Waals surface area contributed by atoms with Crippen LogP contribution in [-0.2, 0) is 12.6 Å². The standard InChI is InChI=1S/C20H19ClF3N3O/c1-11(2)17-10-12-9-14(21)5-8-16(12)18(17)26-27-19(28)25-15-6-3-13(4-7-15)20(22,23)24/h3-9,11,17H,10H2,1-2H3,(H2,25,27,28). The molecule has 1 unspecified atom stereocenters. The third kappa shape index (κ3) is 4.47. The minimum atomic E-state index is -4.42. The van der Waals surface area contributed by atoms with Crippen LogP contribution in [0, 0.1) is 11.8 Å². The second kappa shape index (κ2) is 7.83. The predicted molar refractivity (Wildman–Crippen MR) is 104 cm³/mol. The first-order valence-corrected chi connectivity index (χ1v) is 9.13. The van der Waals surface area contributed by atoms with Gasteiger partial charge in [0.2, 0.25) is 0 Å². The molecule has 3 rings (SSSR count). The van der Waals surface area contributed by atoms with Crippen molar-refractivity contribution >= 4 is 29.0 Å². The summed E-state index contributed by atoms with van der Waals surface area (Å²) < 4.78 is 37.8. The fourth-order valence-corrected chi connectivity index (χ4v) is 3.42. The largest absolute Gasteiger partial charge is 0.416 e. The first kappa shape index (κ1) is 20.2. The molecule has 2 aromatic rings. The number of hydrogen-bond acceptors (Lipinski definition) is 2. The van der Waals surface area contributed by atoms with E-state index in [1.165, 1.54) is 12.1 Å². The SMILES string of the molecule is CC(C)C1Cc2cc(Cl)ccc2C1=NNC(=O)Nc1ccc(C(F)(F)F)cc1. The summed E-state index contributed by atoms with van der Waals surface area (Å²) in [5.41, 5.74) is 4.69. The molecule has 0 aliphatic heterocycles. The number of carbonyl (C=O) groups is 1. The molecule has 0 aromatic heterocycles. The van der Waals surface area contributed by atoms with Gasteiger partial charge in [0.1, 0.15) is 0 Å². The van der Waals surface area contributed by atoms with Gasteiger partial charge in [0, 0.05) is 22.2 Å². The highest BCUT2D eigenvalue weighted by atomic mass is 35.5. The lowest BCUT2D eigenvalue weighted by molar-refractivity contribution is -0.137. The molecule has 2 N–H and O–H groups in total. The van der Waals surface area contributed by atoms with Gasteiger partial charge in [-0.1, -0.05) is 31.5 Å². The maximum absolute atomic E-state index is 12.6. The summed E-state index contributed by atoms with van der Waals surface area (Å²) in [7, 11) is 0. The van der Waals surface area contributed by atoms with Crippen molar-refractivity contribution in [2.24, 2.45) is 16.9 Å². The highest BCUT2D eigenvalue weighted by molar-refractivity contribution is 6.30. The molecule has 2 aromatic carbocycles. The second-order valence-corrected chi connectivity index (χ2v) is 7.43. The molecule has 8 heteroatoms. The summed E-state index contributed by atoms with van der Waals surface area (Å²) in [5, 5.41) is 7.41. The van der Waals surface area contributed by atoms with E-state index in [0.29, 0.717) is 10.9 Å². The van der Waals surface area contributed by atoms with Gasteiger partial charge in [-0.3, -0.25) is 0 Å². The zero-order valence-electron chi connectivity index (χ0n) is 15.3. The number of alkyl halides is 3. The third-order valence-electron chi connectivity index (χ3n) is 4.69. The first-order chi connectivity index (χ1) is 13.1. The molecule has 0 radical (unpaired) electrons. The molecular weight excluding hydrogens is 391 g/mol. The van der Waals surface area contributed by atoms with E-state index >= 15 is 0 Å². The highest BCUT2D eigenvalue weighted by Gasteiger charge is 2.31. The Morgan fingerprint density at radius 1 is 1.18 bits per heavy atom. The number of rotatable bonds is 3. The molecule has 1 aliphatic rings. The zero-order chi connectivity index (χ0) is 20.5. The molecule has 0 fully saturated rings. The number of halogens is 4. The van der Waals surface area contributed by atoms with Crippen LogP contribution in [0.4, 0.5) is 23.7 Å². The lowest BCUT2D eigenvalue weighted by Gasteiger charge is -2.15. The Balaban J connectivity index is 1.72. The maximum Gasteiger partial charge on any atom is 0.416 e. The van der Waals surface area contributed by atoms with E-state index in [1.54, 1.807) is 6.07 Å². The molecule has 2 amide bonds. The van der Waals surface area contributed by atoms with Crippen molar-refractivity contribution in [2.45, 2.75) is 26.4 Å². The first-order valence-electron chi connectivity index (χ1n) is 8.76. The number of benzene rings is 2. The van der Waals surface area contributed by atoms with Crippen LogP contribution in [0.2, 0.25) is 5.02 Å². The fraction of sp³-hybridized carbons (Fsp3) is 0.300. The average molecular weight is 410 g/mol. The quantitative estimate of drug-likeness (QED) is 0.626. The molecule has 0 saturated heterocycles. The summed E-state index contributed by atoms with van der Waals surface area (Å²) in [6.45, 7) is 4.16. The Kier molecular flexibility index (Phi) is 5.65. The van der Waals surface area contributed by atoms with Crippen molar-refractivity contribution in [3.05, 3.63) is 64.2 Å².